The molecule has 0 aliphatic heterocycles. The van der Waals surface area contributed by atoms with Gasteiger partial charge in [-0.3, -0.25) is 0 Å². The van der Waals surface area contributed by atoms with Crippen LogP contribution in [-0.2, 0) is 12.8 Å². The molecule has 86 valence electrons. The van der Waals surface area contributed by atoms with Crippen molar-refractivity contribution >= 4 is 30.7 Å². The molecule has 1 nitrogen and oxygen atoms in total. The minimum absolute atomic E-state index is 0.645. The first kappa shape index (κ1) is 10.6. The zero-order valence-electron chi connectivity index (χ0n) is 9.89. The number of hydrogen-bond acceptors (Lipinski definition) is 0. The zero-order valence-corrected chi connectivity index (χ0v) is 12.0. The summed E-state index contributed by atoms with van der Waals surface area (Å²) in [5, 5.41) is 1.47. The van der Waals surface area contributed by atoms with Gasteiger partial charge in [-0.2, -0.15) is 0 Å². The Bertz CT molecular complexity index is 512. The van der Waals surface area contributed by atoms with Crippen molar-refractivity contribution in [1.29, 1.82) is 0 Å². The summed E-state index contributed by atoms with van der Waals surface area (Å²) >= 11 is -0.645. The Morgan fingerprint density at radius 2 is 2.06 bits per heavy atom. The maximum atomic E-state index is 3.59. The maximum absolute atomic E-state index is 3.59. The van der Waals surface area contributed by atoms with Crippen LogP contribution in [0.2, 0.25) is 0 Å². The summed E-state index contributed by atoms with van der Waals surface area (Å²) in [5.41, 5.74) is 4.47. The molecule has 1 aromatic carbocycles. The number of H-pyrrole nitrogens is 1. The van der Waals surface area contributed by atoms with E-state index in [9.17, 15) is 0 Å². The number of benzene rings is 1. The van der Waals surface area contributed by atoms with Gasteiger partial charge in [-0.05, 0) is 0 Å². The third-order valence-electron chi connectivity index (χ3n) is 3.65. The Hall–Kier alpha value is -0.510. The van der Waals surface area contributed by atoms with Crippen molar-refractivity contribution in [2.75, 3.05) is 9.86 Å². The number of halogens is 1. The van der Waals surface area contributed by atoms with E-state index in [0.29, 0.717) is 0 Å². The molecule has 16 heavy (non-hydrogen) atoms. The molecule has 1 atom stereocenters. The van der Waals surface area contributed by atoms with Crippen molar-refractivity contribution in [1.82, 2.24) is 4.98 Å². The van der Waals surface area contributed by atoms with Crippen LogP contribution in [0.4, 0.5) is 0 Å². The molecular weight excluding hydrogens is 309 g/mol. The summed E-state index contributed by atoms with van der Waals surface area (Å²) in [6.07, 6.45) is 4.01. The summed E-state index contributed by atoms with van der Waals surface area (Å²) in [7, 11) is 0. The van der Waals surface area contributed by atoms with Crippen molar-refractivity contribution in [2.45, 2.75) is 23.2 Å². The first-order valence-electron chi connectivity index (χ1n) is 5.83. The molecule has 0 fully saturated rings. The molecule has 1 aliphatic carbocycles. The monoisotopic (exact) mass is 327 g/mol. The Morgan fingerprint density at radius 1 is 1.25 bits per heavy atom. The fourth-order valence-electron chi connectivity index (χ4n) is 2.70. The molecule has 1 N–H and O–H groups in total. The van der Waals surface area contributed by atoms with Gasteiger partial charge in [0.05, 0.1) is 0 Å². The predicted octanol–water partition coefficient (Wildman–Crippen LogP) is 3.79. The zero-order chi connectivity index (χ0) is 11.1. The van der Waals surface area contributed by atoms with Crippen LogP contribution in [-0.4, -0.2) is 18.8 Å². The molecule has 2 heteroatoms. The van der Waals surface area contributed by atoms with E-state index in [1.54, 1.807) is 5.56 Å². The third kappa shape index (κ3) is 1.67. The van der Waals surface area contributed by atoms with E-state index in [-0.39, 0.29) is 0 Å². The molecular formula is C14H18IN. The number of para-hydroxylation sites is 1. The van der Waals surface area contributed by atoms with Gasteiger partial charge in [0.1, 0.15) is 0 Å². The second-order valence-electron chi connectivity index (χ2n) is 4.78. The van der Waals surface area contributed by atoms with Gasteiger partial charge < -0.3 is 0 Å². The summed E-state index contributed by atoms with van der Waals surface area (Å²) in [6.45, 7) is 0. The van der Waals surface area contributed by atoms with Crippen LogP contribution in [0.15, 0.2) is 24.3 Å². The number of fused-ring (bicyclic) bond motifs is 3. The molecule has 1 aliphatic rings. The molecule has 0 saturated heterocycles. The fraction of sp³-hybridized carbons (Fsp3) is 0.429. The van der Waals surface area contributed by atoms with Gasteiger partial charge >= 0.3 is 104 Å². The second-order valence-corrected chi connectivity index (χ2v) is 11.2. The molecule has 3 rings (SSSR count). The fourth-order valence-corrected chi connectivity index (χ4v) is 5.58. The van der Waals surface area contributed by atoms with E-state index >= 15 is 0 Å². The number of hydrogen-bond donors (Lipinski definition) is 1. The van der Waals surface area contributed by atoms with Gasteiger partial charge in [0, 0.05) is 0 Å². The van der Waals surface area contributed by atoms with Crippen LogP contribution in [0.1, 0.15) is 17.7 Å². The van der Waals surface area contributed by atoms with E-state index in [1.807, 2.05) is 0 Å². The van der Waals surface area contributed by atoms with Crippen LogP contribution in [0, 0.1) is 0 Å². The van der Waals surface area contributed by atoms with Crippen molar-refractivity contribution in [2.24, 2.45) is 0 Å². The number of nitrogens with one attached hydrogen (secondary N) is 1. The average molecular weight is 327 g/mol. The second kappa shape index (κ2) is 4.06. The van der Waals surface area contributed by atoms with E-state index in [0.717, 1.165) is 3.92 Å². The van der Waals surface area contributed by atoms with Gasteiger partial charge in [0.25, 0.3) is 0 Å². The number of aryl methyl sites for hydroxylation is 1. The molecule has 0 bridgehead atoms. The van der Waals surface area contributed by atoms with E-state index in [2.05, 4.69) is 39.1 Å². The molecule has 0 amide bonds. The van der Waals surface area contributed by atoms with Crippen LogP contribution in [0.3, 0.4) is 0 Å². The molecule has 0 saturated carbocycles. The van der Waals surface area contributed by atoms with E-state index < -0.39 is 19.8 Å². The number of aromatic amines is 1. The predicted molar refractivity (Wildman–Crippen MR) is 80.0 cm³/mol. The van der Waals surface area contributed by atoms with Crippen LogP contribution in [0.25, 0.3) is 10.9 Å². The van der Waals surface area contributed by atoms with Crippen molar-refractivity contribution < 1.29 is 0 Å². The average Bonchev–Trinajstić information content (AvgIpc) is 2.66. The minimum atomic E-state index is -0.645. The summed E-state index contributed by atoms with van der Waals surface area (Å²) in [5.74, 6) is 0. The SMILES string of the molecule is CI(C)C1CCc2[nH]c3ccccc3c2C1. The van der Waals surface area contributed by atoms with E-state index in [4.69, 9.17) is 0 Å². The number of alkyl halides is 3. The van der Waals surface area contributed by atoms with Gasteiger partial charge in [0.15, 0.2) is 0 Å². The van der Waals surface area contributed by atoms with Crippen LogP contribution in [0.5, 0.6) is 0 Å². The Morgan fingerprint density at radius 3 is 2.88 bits per heavy atom. The normalized spacial score (nSPS) is 20.9. The molecule has 2 aromatic rings. The third-order valence-corrected chi connectivity index (χ3v) is 8.24. The topological polar surface area (TPSA) is 15.8 Å². The first-order valence-corrected chi connectivity index (χ1v) is 11.4. The van der Waals surface area contributed by atoms with Crippen molar-refractivity contribution in [3.8, 4) is 0 Å². The quantitative estimate of drug-likeness (QED) is 0.606. The summed E-state index contributed by atoms with van der Waals surface area (Å²) in [4.78, 5) is 8.61. The van der Waals surface area contributed by atoms with Gasteiger partial charge in [-0.15, -0.1) is 0 Å². The van der Waals surface area contributed by atoms with Gasteiger partial charge in [0.2, 0.25) is 0 Å². The van der Waals surface area contributed by atoms with Crippen LogP contribution < -0.4 is 0 Å². The number of rotatable bonds is 1. The van der Waals surface area contributed by atoms with Crippen LogP contribution >= 0.6 is 19.8 Å². The van der Waals surface area contributed by atoms with Gasteiger partial charge in [-0.1, -0.05) is 0 Å². The molecule has 0 spiro atoms. The molecule has 1 unspecified atom stereocenters. The summed E-state index contributed by atoms with van der Waals surface area (Å²) in [6, 6.07) is 8.77. The Balaban J connectivity index is 2.08. The first-order chi connectivity index (χ1) is 7.75. The van der Waals surface area contributed by atoms with E-state index in [1.165, 1.54) is 35.9 Å². The van der Waals surface area contributed by atoms with Crippen molar-refractivity contribution in [3.05, 3.63) is 35.5 Å². The summed E-state index contributed by atoms with van der Waals surface area (Å²) < 4.78 is 1.02. The number of aromatic nitrogens is 1. The Labute approximate surface area is 104 Å². The Kier molecular flexibility index (Phi) is 2.70. The van der Waals surface area contributed by atoms with Gasteiger partial charge in [-0.25, -0.2) is 0 Å². The van der Waals surface area contributed by atoms with Crippen molar-refractivity contribution in [3.63, 3.8) is 0 Å². The molecule has 0 radical (unpaired) electrons. The molecule has 1 heterocycles. The molecule has 1 aromatic heterocycles. The standard InChI is InChI=1S/C14H18IN/c1-15(2)10-7-8-14-12(9-10)11-5-3-4-6-13(11)16-14/h3-6,10,16H,7-9H2,1-2H3.